The molecule has 168 valence electrons. The fourth-order valence-corrected chi connectivity index (χ4v) is 4.97. The van der Waals surface area contributed by atoms with Crippen LogP contribution in [0.5, 0.6) is 0 Å². The second-order valence-electron chi connectivity index (χ2n) is 8.35. The van der Waals surface area contributed by atoms with Gasteiger partial charge < -0.3 is 16.0 Å². The third kappa shape index (κ3) is 5.40. The van der Waals surface area contributed by atoms with Crippen molar-refractivity contribution in [1.29, 1.82) is 0 Å². The topological polar surface area (TPSA) is 87.5 Å². The fourth-order valence-electron chi connectivity index (χ4n) is 4.54. The van der Waals surface area contributed by atoms with E-state index < -0.39 is 5.66 Å². The van der Waals surface area contributed by atoms with Crippen molar-refractivity contribution in [3.8, 4) is 0 Å². The molecule has 0 bridgehead atoms. The number of piperazine rings is 1. The lowest BCUT2D eigenvalue weighted by atomic mass is 9.87. The van der Waals surface area contributed by atoms with Gasteiger partial charge in [-0.05, 0) is 42.5 Å². The van der Waals surface area contributed by atoms with Crippen LogP contribution in [0.1, 0.15) is 49.9 Å². The zero-order valence-electron chi connectivity index (χ0n) is 18.4. The number of hydrogen-bond acceptors (Lipinski definition) is 5. The number of unbranched alkanes of at least 4 members (excludes halogenated alkanes) is 1. The fraction of sp³-hybridized carbons (Fsp3) is 0.500. The predicted octanol–water partition coefficient (Wildman–Crippen LogP) is 2.92. The van der Waals surface area contributed by atoms with Gasteiger partial charge >= 0.3 is 0 Å². The first-order chi connectivity index (χ1) is 14.9. The zero-order chi connectivity index (χ0) is 22.4. The summed E-state index contributed by atoms with van der Waals surface area (Å²) in [5, 5.41) is 8.27. The molecule has 1 heterocycles. The van der Waals surface area contributed by atoms with Gasteiger partial charge in [-0.15, -0.1) is 0 Å². The van der Waals surface area contributed by atoms with E-state index in [1.807, 2.05) is 47.4 Å². The summed E-state index contributed by atoms with van der Waals surface area (Å²) in [7, 11) is 0. The van der Waals surface area contributed by atoms with Gasteiger partial charge in [0, 0.05) is 37.4 Å². The highest BCUT2D eigenvalue weighted by Crippen LogP contribution is 2.30. The van der Waals surface area contributed by atoms with E-state index in [1.54, 1.807) is 0 Å². The van der Waals surface area contributed by atoms with Gasteiger partial charge in [0.1, 0.15) is 0 Å². The van der Waals surface area contributed by atoms with E-state index in [0.29, 0.717) is 31.6 Å². The second kappa shape index (κ2) is 10.5. The maximum atomic E-state index is 13.7. The van der Waals surface area contributed by atoms with Crippen LogP contribution in [-0.2, 0) is 4.79 Å². The molecule has 3 atom stereocenters. The monoisotopic (exact) mass is 442 g/mol. The lowest BCUT2D eigenvalue weighted by molar-refractivity contribution is -0.118. The molecule has 31 heavy (non-hydrogen) atoms. The van der Waals surface area contributed by atoms with Crippen LogP contribution < -0.4 is 16.4 Å². The van der Waals surface area contributed by atoms with Crippen molar-refractivity contribution in [2.24, 2.45) is 5.73 Å². The minimum Gasteiger partial charge on any atom is -0.356 e. The van der Waals surface area contributed by atoms with Crippen molar-refractivity contribution in [1.82, 2.24) is 15.5 Å². The number of carbonyl (C=O) groups excluding carboxylic acids is 2. The minimum absolute atomic E-state index is 0.00358. The summed E-state index contributed by atoms with van der Waals surface area (Å²) in [4.78, 5) is 26.8. The molecule has 3 rings (SSSR count). The molecule has 7 heteroatoms. The van der Waals surface area contributed by atoms with E-state index in [9.17, 15) is 9.59 Å². The van der Waals surface area contributed by atoms with Gasteiger partial charge in [0.2, 0.25) is 5.91 Å². The van der Waals surface area contributed by atoms with Crippen LogP contribution >= 0.6 is 12.6 Å². The molecule has 0 saturated carbocycles. The first kappa shape index (κ1) is 23.6. The number of benzene rings is 2. The number of rotatable bonds is 8. The van der Waals surface area contributed by atoms with Gasteiger partial charge in [0.05, 0.1) is 11.7 Å². The third-order valence-electron chi connectivity index (χ3n) is 6.13. The SMILES string of the molecule is CCC(S)C1N(C(=O)c2cccc3ccccc23)CCNC1(N)CCCCNC(C)=O. The third-order valence-corrected chi connectivity index (χ3v) is 6.77. The smallest absolute Gasteiger partial charge is 0.254 e. The van der Waals surface area contributed by atoms with Crippen molar-refractivity contribution in [3.05, 3.63) is 48.0 Å². The summed E-state index contributed by atoms with van der Waals surface area (Å²) in [6.07, 6.45) is 3.20. The highest BCUT2D eigenvalue weighted by molar-refractivity contribution is 7.81. The number of hydrogen-bond donors (Lipinski definition) is 4. The van der Waals surface area contributed by atoms with Gasteiger partial charge in [-0.25, -0.2) is 0 Å². The van der Waals surface area contributed by atoms with Gasteiger partial charge in [-0.3, -0.25) is 14.9 Å². The minimum atomic E-state index is -0.725. The molecule has 1 aliphatic heterocycles. The molecule has 6 nitrogen and oxygen atoms in total. The molecule has 0 aliphatic carbocycles. The van der Waals surface area contributed by atoms with Gasteiger partial charge in [0.25, 0.3) is 5.91 Å². The average Bonchev–Trinajstić information content (AvgIpc) is 2.77. The summed E-state index contributed by atoms with van der Waals surface area (Å²) in [5.74, 6) is -0.0201. The van der Waals surface area contributed by atoms with Crippen molar-refractivity contribution < 1.29 is 9.59 Å². The number of nitrogens with two attached hydrogens (primary N) is 1. The molecule has 4 N–H and O–H groups in total. The Morgan fingerprint density at radius 3 is 2.74 bits per heavy atom. The van der Waals surface area contributed by atoms with Crippen LogP contribution in [0.15, 0.2) is 42.5 Å². The lowest BCUT2D eigenvalue weighted by Crippen LogP contribution is -2.74. The first-order valence-corrected chi connectivity index (χ1v) is 11.6. The number of nitrogens with zero attached hydrogens (tertiary/aromatic N) is 1. The van der Waals surface area contributed by atoms with Crippen LogP contribution in [0.2, 0.25) is 0 Å². The molecule has 3 unspecified atom stereocenters. The molecular formula is C24H34N4O2S. The van der Waals surface area contributed by atoms with Crippen LogP contribution in [0.4, 0.5) is 0 Å². The Labute approximate surface area is 190 Å². The molecule has 0 spiro atoms. The van der Waals surface area contributed by atoms with Gasteiger partial charge in [0.15, 0.2) is 0 Å². The van der Waals surface area contributed by atoms with Crippen LogP contribution in [-0.4, -0.2) is 53.3 Å². The van der Waals surface area contributed by atoms with Gasteiger partial charge in [-0.1, -0.05) is 43.3 Å². The van der Waals surface area contributed by atoms with Crippen molar-refractivity contribution in [2.45, 2.75) is 56.5 Å². The average molecular weight is 443 g/mol. The summed E-state index contributed by atoms with van der Waals surface area (Å²) < 4.78 is 0. The van der Waals surface area contributed by atoms with E-state index in [0.717, 1.165) is 30.0 Å². The highest BCUT2D eigenvalue weighted by Gasteiger charge is 2.46. The Bertz CT molecular complexity index is 916. The highest BCUT2D eigenvalue weighted by atomic mass is 32.1. The quantitative estimate of drug-likeness (QED) is 0.374. The number of thiol groups is 1. The molecule has 2 amide bonds. The molecule has 1 fully saturated rings. The van der Waals surface area contributed by atoms with E-state index in [1.165, 1.54) is 6.92 Å². The molecule has 1 saturated heterocycles. The predicted molar refractivity (Wildman–Crippen MR) is 129 cm³/mol. The Hall–Kier alpha value is -2.09. The number of nitrogens with one attached hydrogen (secondary N) is 2. The Morgan fingerprint density at radius 1 is 1.26 bits per heavy atom. The molecule has 2 aromatic carbocycles. The molecule has 1 aliphatic rings. The largest absolute Gasteiger partial charge is 0.356 e. The Balaban J connectivity index is 1.84. The van der Waals surface area contributed by atoms with E-state index >= 15 is 0 Å². The molecule has 2 aromatic rings. The summed E-state index contributed by atoms with van der Waals surface area (Å²) in [5.41, 5.74) is 6.88. The lowest BCUT2D eigenvalue weighted by Gasteiger charge is -2.51. The van der Waals surface area contributed by atoms with Crippen molar-refractivity contribution in [3.63, 3.8) is 0 Å². The molecule has 0 aromatic heterocycles. The normalized spacial score (nSPS) is 22.3. The summed E-state index contributed by atoms with van der Waals surface area (Å²) in [6, 6.07) is 13.6. The Morgan fingerprint density at radius 2 is 2.00 bits per heavy atom. The van der Waals surface area contributed by atoms with Crippen molar-refractivity contribution in [2.75, 3.05) is 19.6 Å². The van der Waals surface area contributed by atoms with Gasteiger partial charge in [-0.2, -0.15) is 12.6 Å². The molecular weight excluding hydrogens is 408 g/mol. The standard InChI is InChI=1S/C24H34N4O2S/c1-3-21(31)22-24(25,13-6-7-14-26-17(2)29)27-15-16-28(22)23(30)20-12-8-10-18-9-4-5-11-19(18)20/h4-5,8-12,21-22,27,31H,3,6-7,13-16,25H2,1-2H3,(H,26,29). The first-order valence-electron chi connectivity index (χ1n) is 11.1. The second-order valence-corrected chi connectivity index (χ2v) is 9.02. The van der Waals surface area contributed by atoms with Crippen molar-refractivity contribution >= 4 is 35.2 Å². The summed E-state index contributed by atoms with van der Waals surface area (Å²) >= 11 is 4.85. The molecule has 0 radical (unpaired) electrons. The van der Waals surface area contributed by atoms with Crippen LogP contribution in [0.25, 0.3) is 10.8 Å². The summed E-state index contributed by atoms with van der Waals surface area (Å²) in [6.45, 7) is 5.46. The van der Waals surface area contributed by atoms with E-state index in [4.69, 9.17) is 18.4 Å². The maximum Gasteiger partial charge on any atom is 0.254 e. The Kier molecular flexibility index (Phi) is 7.97. The number of carbonyl (C=O) groups is 2. The van der Waals surface area contributed by atoms with Crippen LogP contribution in [0.3, 0.4) is 0 Å². The number of amides is 2. The van der Waals surface area contributed by atoms with E-state index in [2.05, 4.69) is 17.6 Å². The zero-order valence-corrected chi connectivity index (χ0v) is 19.3. The maximum absolute atomic E-state index is 13.7. The van der Waals surface area contributed by atoms with E-state index in [-0.39, 0.29) is 23.1 Å². The number of fused-ring (bicyclic) bond motifs is 1. The van der Waals surface area contributed by atoms with Crippen LogP contribution in [0, 0.1) is 0 Å².